The van der Waals surface area contributed by atoms with Gasteiger partial charge in [-0.05, 0) is 85.6 Å². The second-order valence-corrected chi connectivity index (χ2v) is 8.90. The Labute approximate surface area is 191 Å². The minimum absolute atomic E-state index is 0.102. The quantitative estimate of drug-likeness (QED) is 0.418. The molecule has 1 aromatic carbocycles. The van der Waals surface area contributed by atoms with Crippen LogP contribution in [0.1, 0.15) is 67.3 Å². The molecule has 0 amide bonds. The van der Waals surface area contributed by atoms with Gasteiger partial charge in [-0.1, -0.05) is 22.8 Å². The van der Waals surface area contributed by atoms with Gasteiger partial charge in [-0.25, -0.2) is 0 Å². The molecule has 32 heavy (non-hydrogen) atoms. The molecule has 0 spiro atoms. The highest BCUT2D eigenvalue weighted by atomic mass is 16.5. The highest BCUT2D eigenvalue weighted by Crippen LogP contribution is 2.35. The molecule has 0 aliphatic rings. The van der Waals surface area contributed by atoms with Crippen LogP contribution in [0.4, 0.5) is 0 Å². The third kappa shape index (κ3) is 6.78. The Morgan fingerprint density at radius 1 is 0.969 bits per heavy atom. The van der Waals surface area contributed by atoms with Crippen LogP contribution in [0.5, 0.6) is 17.2 Å². The minimum atomic E-state index is -0.264. The molecule has 2 aromatic rings. The van der Waals surface area contributed by atoms with Gasteiger partial charge >= 0.3 is 0 Å². The Hall–Kier alpha value is -2.95. The van der Waals surface area contributed by atoms with Gasteiger partial charge in [-0.15, -0.1) is 0 Å². The van der Waals surface area contributed by atoms with Crippen molar-refractivity contribution in [3.8, 4) is 17.2 Å². The molecular weight excluding hydrogens is 402 g/mol. The van der Waals surface area contributed by atoms with Crippen LogP contribution in [0.25, 0.3) is 10.9 Å². The number of phenols is 1. The molecule has 0 fully saturated rings. The molecule has 1 heterocycles. The number of rotatable bonds is 10. The van der Waals surface area contributed by atoms with E-state index in [1.807, 2.05) is 39.8 Å². The molecule has 0 aliphatic carbocycles. The largest absolute Gasteiger partial charge is 0.508 e. The summed E-state index contributed by atoms with van der Waals surface area (Å²) < 4.78 is 13.7. The van der Waals surface area contributed by atoms with Crippen LogP contribution in [0.15, 0.2) is 57.9 Å². The van der Waals surface area contributed by atoms with Crippen molar-refractivity contribution in [3.63, 3.8) is 0 Å². The average molecular weight is 440 g/mol. The molecule has 0 radical (unpaired) electrons. The zero-order chi connectivity index (χ0) is 23.8. The Balaban J connectivity index is 2.48. The van der Waals surface area contributed by atoms with Crippen LogP contribution in [-0.2, 0) is 0 Å². The normalized spacial score (nSPS) is 11.6. The van der Waals surface area contributed by atoms with Gasteiger partial charge in [0.25, 0.3) is 5.56 Å². The first-order chi connectivity index (χ1) is 15.1. The topological polar surface area (TPSA) is 60.7 Å². The number of fused-ring (bicyclic) bond motifs is 1. The first-order valence-electron chi connectivity index (χ1n) is 11.2. The van der Waals surface area contributed by atoms with Gasteiger partial charge in [-0.2, -0.15) is 0 Å². The van der Waals surface area contributed by atoms with Crippen molar-refractivity contribution in [1.29, 1.82) is 0 Å². The standard InChI is InChI=1S/C27H37NO4/c1-18(2)9-8-10-21(7)14-16-31-25-23-12-11-22(29)17-24(23)28(20(5)6)27(30)26(25)32-15-13-19(3)4/h9,11-14,17,20,29H,8,10,15-16H2,1-7H3/b21-14+. The smallest absolute Gasteiger partial charge is 0.297 e. The van der Waals surface area contributed by atoms with Crippen molar-refractivity contribution in [2.24, 2.45) is 0 Å². The third-order valence-corrected chi connectivity index (χ3v) is 5.09. The number of phenolic OH excluding ortho intramolecular Hbond substituents is 1. The maximum absolute atomic E-state index is 13.4. The van der Waals surface area contributed by atoms with E-state index in [2.05, 4.69) is 26.8 Å². The molecule has 1 aromatic heterocycles. The number of benzene rings is 1. The molecular formula is C27H37NO4. The van der Waals surface area contributed by atoms with E-state index in [0.29, 0.717) is 17.9 Å². The van der Waals surface area contributed by atoms with Gasteiger partial charge in [-0.3, -0.25) is 4.79 Å². The molecule has 174 valence electrons. The van der Waals surface area contributed by atoms with Crippen LogP contribution in [0.3, 0.4) is 0 Å². The number of hydrogen-bond acceptors (Lipinski definition) is 4. The Morgan fingerprint density at radius 2 is 1.59 bits per heavy atom. The summed E-state index contributed by atoms with van der Waals surface area (Å²) in [4.78, 5) is 13.4. The Kier molecular flexibility index (Phi) is 9.18. The monoisotopic (exact) mass is 439 g/mol. The SMILES string of the molecule is CC(C)=CCC/C(C)=C/COc1c(OCC=C(C)C)c(=O)n(C(C)C)c2cc(O)ccc12. The van der Waals surface area contributed by atoms with E-state index in [1.54, 1.807) is 22.8 Å². The highest BCUT2D eigenvalue weighted by Gasteiger charge is 2.21. The number of pyridine rings is 1. The number of ether oxygens (including phenoxy) is 2. The Morgan fingerprint density at radius 3 is 2.22 bits per heavy atom. The number of allylic oxidation sites excluding steroid dienone is 4. The van der Waals surface area contributed by atoms with Crippen LogP contribution in [0, 0.1) is 0 Å². The van der Waals surface area contributed by atoms with Crippen LogP contribution in [-0.4, -0.2) is 22.9 Å². The summed E-state index contributed by atoms with van der Waals surface area (Å²) in [7, 11) is 0. The summed E-state index contributed by atoms with van der Waals surface area (Å²) in [5, 5.41) is 10.8. The van der Waals surface area contributed by atoms with E-state index >= 15 is 0 Å². The maximum Gasteiger partial charge on any atom is 0.297 e. The van der Waals surface area contributed by atoms with Gasteiger partial charge in [0.1, 0.15) is 19.0 Å². The van der Waals surface area contributed by atoms with Crippen LogP contribution < -0.4 is 15.0 Å². The van der Waals surface area contributed by atoms with Crippen LogP contribution >= 0.6 is 0 Å². The molecule has 0 atom stereocenters. The fourth-order valence-corrected chi connectivity index (χ4v) is 3.38. The lowest BCUT2D eigenvalue weighted by atomic mass is 10.1. The molecule has 0 bridgehead atoms. The lowest BCUT2D eigenvalue weighted by Crippen LogP contribution is -2.25. The van der Waals surface area contributed by atoms with Crippen molar-refractivity contribution < 1.29 is 14.6 Å². The summed E-state index contributed by atoms with van der Waals surface area (Å²) in [6.07, 6.45) is 8.14. The molecule has 1 N–H and O–H groups in total. The van der Waals surface area contributed by atoms with Crippen LogP contribution in [0.2, 0.25) is 0 Å². The second-order valence-electron chi connectivity index (χ2n) is 8.90. The van der Waals surface area contributed by atoms with Gasteiger partial charge in [0.2, 0.25) is 5.75 Å². The molecule has 0 saturated carbocycles. The van der Waals surface area contributed by atoms with Gasteiger partial charge in [0.15, 0.2) is 5.75 Å². The van der Waals surface area contributed by atoms with Gasteiger partial charge in [0.05, 0.1) is 5.52 Å². The Bertz CT molecular complexity index is 1080. The zero-order valence-electron chi connectivity index (χ0n) is 20.5. The van der Waals surface area contributed by atoms with E-state index < -0.39 is 0 Å². The first kappa shape index (κ1) is 25.3. The second kappa shape index (κ2) is 11.6. The third-order valence-electron chi connectivity index (χ3n) is 5.09. The van der Waals surface area contributed by atoms with Crippen molar-refractivity contribution in [2.75, 3.05) is 13.2 Å². The maximum atomic E-state index is 13.4. The van der Waals surface area contributed by atoms with Crippen molar-refractivity contribution in [3.05, 3.63) is 63.5 Å². The number of aromatic hydroxyl groups is 1. The number of hydrogen-bond donors (Lipinski definition) is 1. The molecule has 0 unspecified atom stereocenters. The van der Waals surface area contributed by atoms with Crippen molar-refractivity contribution in [2.45, 2.75) is 67.3 Å². The predicted octanol–water partition coefficient (Wildman–Crippen LogP) is 6.70. The summed E-state index contributed by atoms with van der Waals surface area (Å²) in [6.45, 7) is 14.7. The van der Waals surface area contributed by atoms with Gasteiger partial charge < -0.3 is 19.1 Å². The van der Waals surface area contributed by atoms with E-state index in [0.717, 1.165) is 23.8 Å². The number of nitrogens with zero attached hydrogens (tertiary/aromatic N) is 1. The lowest BCUT2D eigenvalue weighted by Gasteiger charge is -2.20. The minimum Gasteiger partial charge on any atom is -0.508 e. The average Bonchev–Trinajstić information content (AvgIpc) is 2.68. The molecule has 5 heteroatoms. The fourth-order valence-electron chi connectivity index (χ4n) is 3.38. The molecule has 5 nitrogen and oxygen atoms in total. The van der Waals surface area contributed by atoms with E-state index in [4.69, 9.17) is 9.47 Å². The molecule has 2 rings (SSSR count). The predicted molar refractivity (Wildman–Crippen MR) is 133 cm³/mol. The van der Waals surface area contributed by atoms with Gasteiger partial charge in [0, 0.05) is 17.5 Å². The molecule has 0 aliphatic heterocycles. The summed E-state index contributed by atoms with van der Waals surface area (Å²) in [5.41, 5.74) is 4.01. The summed E-state index contributed by atoms with van der Waals surface area (Å²) in [6, 6.07) is 4.87. The first-order valence-corrected chi connectivity index (χ1v) is 11.2. The summed E-state index contributed by atoms with van der Waals surface area (Å²) in [5.74, 6) is 0.716. The zero-order valence-corrected chi connectivity index (χ0v) is 20.5. The molecule has 0 saturated heterocycles. The number of aromatic nitrogens is 1. The summed E-state index contributed by atoms with van der Waals surface area (Å²) >= 11 is 0. The lowest BCUT2D eigenvalue weighted by molar-refractivity contribution is 0.303. The van der Waals surface area contributed by atoms with E-state index in [9.17, 15) is 9.90 Å². The fraction of sp³-hybridized carbons (Fsp3) is 0.444. The van der Waals surface area contributed by atoms with Crippen molar-refractivity contribution >= 4 is 10.9 Å². The van der Waals surface area contributed by atoms with E-state index in [1.165, 1.54) is 11.1 Å². The van der Waals surface area contributed by atoms with E-state index in [-0.39, 0.29) is 29.7 Å². The highest BCUT2D eigenvalue weighted by molar-refractivity contribution is 5.89. The van der Waals surface area contributed by atoms with Crippen molar-refractivity contribution in [1.82, 2.24) is 4.57 Å².